The van der Waals surface area contributed by atoms with Gasteiger partial charge in [0.25, 0.3) is 0 Å². The molecule has 0 bridgehead atoms. The predicted octanol–water partition coefficient (Wildman–Crippen LogP) is 0.193. The summed E-state index contributed by atoms with van der Waals surface area (Å²) in [6, 6.07) is 0.583. The van der Waals surface area contributed by atoms with Gasteiger partial charge in [0.2, 0.25) is 0 Å². The third kappa shape index (κ3) is 1.83. The van der Waals surface area contributed by atoms with Gasteiger partial charge < -0.3 is 5.32 Å². The number of nitrogens with one attached hydrogen (secondary N) is 1. The summed E-state index contributed by atoms with van der Waals surface area (Å²) in [4.78, 5) is 2.53. The van der Waals surface area contributed by atoms with Crippen LogP contribution < -0.4 is 5.32 Å². The van der Waals surface area contributed by atoms with Crippen LogP contribution in [0.4, 0.5) is 0 Å². The van der Waals surface area contributed by atoms with E-state index in [1.54, 1.807) is 0 Å². The van der Waals surface area contributed by atoms with Crippen molar-refractivity contribution in [2.75, 3.05) is 26.2 Å². The van der Waals surface area contributed by atoms with Crippen LogP contribution >= 0.6 is 0 Å². The van der Waals surface area contributed by atoms with Crippen LogP contribution in [0.15, 0.2) is 0 Å². The van der Waals surface area contributed by atoms with Crippen molar-refractivity contribution in [3.05, 3.63) is 5.82 Å². The number of likely N-dealkylation sites (tertiary alicyclic amines) is 1. The molecule has 1 aliphatic carbocycles. The molecular weight excluding hydrogens is 228 g/mol. The fourth-order valence-electron chi connectivity index (χ4n) is 3.43. The zero-order chi connectivity index (χ0) is 12.0. The van der Waals surface area contributed by atoms with Crippen molar-refractivity contribution in [1.29, 1.82) is 0 Å². The first-order valence-corrected chi connectivity index (χ1v) is 7.05. The summed E-state index contributed by atoms with van der Waals surface area (Å²) in [5, 5.41) is 15.7. The van der Waals surface area contributed by atoms with Crippen LogP contribution in [0.3, 0.4) is 0 Å². The fraction of sp³-hybridized carbons (Fsp3) is 0.917. The molecule has 18 heavy (non-hydrogen) atoms. The topological polar surface area (TPSA) is 58.9 Å². The molecule has 6 heteroatoms. The van der Waals surface area contributed by atoms with Crippen LogP contribution in [0.25, 0.3) is 0 Å². The van der Waals surface area contributed by atoms with Crippen LogP contribution in [-0.2, 0) is 6.54 Å². The van der Waals surface area contributed by atoms with E-state index in [2.05, 4.69) is 25.7 Å². The minimum Gasteiger partial charge on any atom is -0.316 e. The number of hydrogen-bond donors (Lipinski definition) is 1. The normalized spacial score (nSPS) is 32.7. The summed E-state index contributed by atoms with van der Waals surface area (Å²) in [6.45, 7) is 5.70. The van der Waals surface area contributed by atoms with Crippen LogP contribution in [-0.4, -0.2) is 51.3 Å². The van der Waals surface area contributed by atoms with Crippen molar-refractivity contribution in [3.63, 3.8) is 0 Å². The van der Waals surface area contributed by atoms with Crippen LogP contribution in [0, 0.1) is 5.41 Å². The van der Waals surface area contributed by atoms with Gasteiger partial charge in [0.05, 0.1) is 12.6 Å². The lowest BCUT2D eigenvalue weighted by Gasteiger charge is -2.22. The van der Waals surface area contributed by atoms with Gasteiger partial charge in [-0.15, -0.1) is 5.10 Å². The van der Waals surface area contributed by atoms with E-state index in [9.17, 15) is 0 Å². The molecule has 2 aliphatic heterocycles. The van der Waals surface area contributed by atoms with E-state index in [0.717, 1.165) is 12.4 Å². The first-order valence-electron chi connectivity index (χ1n) is 7.05. The van der Waals surface area contributed by atoms with Crippen molar-refractivity contribution in [3.8, 4) is 0 Å². The van der Waals surface area contributed by atoms with E-state index in [1.165, 1.54) is 51.9 Å². The quantitative estimate of drug-likeness (QED) is 0.827. The second-order valence-corrected chi connectivity index (χ2v) is 6.16. The zero-order valence-corrected chi connectivity index (χ0v) is 10.7. The summed E-state index contributed by atoms with van der Waals surface area (Å²) in [5.41, 5.74) is 0.540. The number of tetrazole rings is 1. The fourth-order valence-corrected chi connectivity index (χ4v) is 3.43. The van der Waals surface area contributed by atoms with Gasteiger partial charge in [-0.25, -0.2) is 4.68 Å². The molecule has 1 aromatic rings. The standard InChI is InChI=1S/C12H20N6/c1-2-10(1)18-11(14-15-16-18)7-17-6-4-12(9-17)3-5-13-8-12/h10,13H,1-9H2. The lowest BCUT2D eigenvalue weighted by molar-refractivity contribution is 0.259. The van der Waals surface area contributed by atoms with Gasteiger partial charge in [-0.05, 0) is 54.6 Å². The smallest absolute Gasteiger partial charge is 0.165 e. The highest BCUT2D eigenvalue weighted by Gasteiger charge is 2.40. The second-order valence-electron chi connectivity index (χ2n) is 6.16. The minimum absolute atomic E-state index is 0.540. The first-order chi connectivity index (χ1) is 8.85. The van der Waals surface area contributed by atoms with Gasteiger partial charge in [0, 0.05) is 13.1 Å². The van der Waals surface area contributed by atoms with Crippen molar-refractivity contribution in [2.24, 2.45) is 5.41 Å². The van der Waals surface area contributed by atoms with Crippen LogP contribution in [0.5, 0.6) is 0 Å². The van der Waals surface area contributed by atoms with Gasteiger partial charge in [-0.2, -0.15) is 0 Å². The molecule has 1 N–H and O–H groups in total. The number of rotatable bonds is 3. The van der Waals surface area contributed by atoms with E-state index in [4.69, 9.17) is 0 Å². The molecule has 0 aromatic carbocycles. The maximum Gasteiger partial charge on any atom is 0.165 e. The van der Waals surface area contributed by atoms with Crippen molar-refractivity contribution < 1.29 is 0 Å². The SMILES string of the molecule is C1CC2(CCN(Cc3nnnn3C3CC3)C2)CN1. The summed E-state index contributed by atoms with van der Waals surface area (Å²) >= 11 is 0. The molecule has 0 amide bonds. The van der Waals surface area contributed by atoms with Crippen molar-refractivity contribution >= 4 is 0 Å². The highest BCUT2D eigenvalue weighted by molar-refractivity contribution is 4.98. The lowest BCUT2D eigenvalue weighted by Crippen LogP contribution is -2.29. The maximum absolute atomic E-state index is 4.20. The zero-order valence-electron chi connectivity index (χ0n) is 10.7. The number of nitrogens with zero attached hydrogens (tertiary/aromatic N) is 5. The Morgan fingerprint density at radius 1 is 1.33 bits per heavy atom. The molecule has 98 valence electrons. The average molecular weight is 248 g/mol. The molecule has 4 rings (SSSR count). The van der Waals surface area contributed by atoms with Gasteiger partial charge in [0.1, 0.15) is 0 Å². The Balaban J connectivity index is 1.44. The van der Waals surface area contributed by atoms with E-state index in [0.29, 0.717) is 11.5 Å². The van der Waals surface area contributed by atoms with E-state index in [1.807, 2.05) is 4.68 Å². The van der Waals surface area contributed by atoms with Gasteiger partial charge in [-0.3, -0.25) is 4.90 Å². The van der Waals surface area contributed by atoms with Gasteiger partial charge in [0.15, 0.2) is 5.82 Å². The second kappa shape index (κ2) is 3.99. The Morgan fingerprint density at radius 2 is 2.28 bits per heavy atom. The summed E-state index contributed by atoms with van der Waals surface area (Å²) in [7, 11) is 0. The van der Waals surface area contributed by atoms with Crippen molar-refractivity contribution in [1.82, 2.24) is 30.4 Å². The molecule has 3 aliphatic rings. The highest BCUT2D eigenvalue weighted by atomic mass is 15.6. The molecule has 0 radical (unpaired) electrons. The van der Waals surface area contributed by atoms with E-state index < -0.39 is 0 Å². The van der Waals surface area contributed by atoms with Gasteiger partial charge >= 0.3 is 0 Å². The molecule has 1 spiro atoms. The molecule has 3 heterocycles. The molecule has 2 saturated heterocycles. The third-order valence-corrected chi connectivity index (χ3v) is 4.67. The first kappa shape index (κ1) is 10.9. The Labute approximate surface area is 107 Å². The Kier molecular flexibility index (Phi) is 2.41. The predicted molar refractivity (Wildman–Crippen MR) is 65.9 cm³/mol. The summed E-state index contributed by atoms with van der Waals surface area (Å²) < 4.78 is 2.04. The molecule has 1 unspecified atom stereocenters. The number of aromatic nitrogens is 4. The average Bonchev–Trinajstić information content (AvgIpc) is 2.80. The molecule has 1 aromatic heterocycles. The Morgan fingerprint density at radius 3 is 3.06 bits per heavy atom. The Bertz CT molecular complexity index is 432. The Hall–Kier alpha value is -1.01. The lowest BCUT2D eigenvalue weighted by atomic mass is 9.87. The molecule has 1 saturated carbocycles. The third-order valence-electron chi connectivity index (χ3n) is 4.67. The minimum atomic E-state index is 0.540. The maximum atomic E-state index is 4.20. The van der Waals surface area contributed by atoms with Gasteiger partial charge in [-0.1, -0.05) is 0 Å². The van der Waals surface area contributed by atoms with Crippen LogP contribution in [0.2, 0.25) is 0 Å². The van der Waals surface area contributed by atoms with E-state index in [-0.39, 0.29) is 0 Å². The number of hydrogen-bond acceptors (Lipinski definition) is 5. The van der Waals surface area contributed by atoms with Crippen LogP contribution in [0.1, 0.15) is 37.5 Å². The van der Waals surface area contributed by atoms with Crippen molar-refractivity contribution in [2.45, 2.75) is 38.3 Å². The highest BCUT2D eigenvalue weighted by Crippen LogP contribution is 2.37. The monoisotopic (exact) mass is 248 g/mol. The largest absolute Gasteiger partial charge is 0.316 e. The summed E-state index contributed by atoms with van der Waals surface area (Å²) in [6.07, 6.45) is 5.14. The molecule has 3 fully saturated rings. The molecular formula is C12H20N6. The van der Waals surface area contributed by atoms with E-state index >= 15 is 0 Å². The summed E-state index contributed by atoms with van der Waals surface area (Å²) in [5.74, 6) is 1.06. The molecule has 6 nitrogen and oxygen atoms in total. The molecule has 1 atom stereocenters.